The van der Waals surface area contributed by atoms with E-state index < -0.39 is 32.2 Å². The number of anilines is 3. The van der Waals surface area contributed by atoms with Crippen molar-refractivity contribution in [1.82, 2.24) is 10.2 Å². The summed E-state index contributed by atoms with van der Waals surface area (Å²) in [6.45, 7) is 0. The van der Waals surface area contributed by atoms with E-state index in [0.29, 0.717) is 9.47 Å². The second-order valence-electron chi connectivity index (χ2n) is 5.64. The van der Waals surface area contributed by atoms with E-state index in [1.165, 1.54) is 18.2 Å². The van der Waals surface area contributed by atoms with Crippen LogP contribution in [0.15, 0.2) is 57.8 Å². The number of halogens is 3. The number of rotatable bonds is 8. The van der Waals surface area contributed by atoms with Gasteiger partial charge in [0.05, 0.1) is 16.3 Å². The average molecular weight is 475 g/mol. The lowest BCUT2D eigenvalue weighted by atomic mass is 10.3. The maximum Gasteiger partial charge on any atom is 0.341 e. The molecule has 1 amide bonds. The third-order valence-corrected chi connectivity index (χ3v) is 6.92. The highest BCUT2D eigenvalue weighted by molar-refractivity contribution is 8.01. The number of amides is 1. The zero-order valence-electron chi connectivity index (χ0n) is 14.9. The van der Waals surface area contributed by atoms with Gasteiger partial charge in [-0.1, -0.05) is 35.2 Å². The number of aromatic nitrogens is 2. The monoisotopic (exact) mass is 474 g/mol. The van der Waals surface area contributed by atoms with Crippen molar-refractivity contribution in [3.8, 4) is 0 Å². The van der Waals surface area contributed by atoms with Crippen molar-refractivity contribution in [3.63, 3.8) is 0 Å². The minimum absolute atomic E-state index is 0.0224. The molecule has 0 atom stereocenters. The van der Waals surface area contributed by atoms with Gasteiger partial charge in [-0.25, -0.2) is 12.8 Å². The normalized spacial score (nSPS) is 11.5. The summed E-state index contributed by atoms with van der Waals surface area (Å²) in [5.41, 5.74) is 0.508. The Labute approximate surface area is 177 Å². The highest BCUT2D eigenvalue weighted by atomic mass is 32.2. The molecule has 0 unspecified atom stereocenters. The van der Waals surface area contributed by atoms with E-state index in [9.17, 15) is 26.4 Å². The zero-order valence-corrected chi connectivity index (χ0v) is 17.3. The fraction of sp³-hybridized carbons (Fsp3) is 0.118. The summed E-state index contributed by atoms with van der Waals surface area (Å²) in [6, 6.07) is 10.5. The lowest BCUT2D eigenvalue weighted by Crippen LogP contribution is -2.14. The Balaban J connectivity index is 1.53. The molecule has 0 aliphatic carbocycles. The number of nitrogens with one attached hydrogen (secondary N) is 2. The van der Waals surface area contributed by atoms with Crippen molar-refractivity contribution in [3.05, 3.63) is 54.3 Å². The number of nitrogens with zero attached hydrogens (tertiary/aromatic N) is 2. The van der Waals surface area contributed by atoms with Crippen molar-refractivity contribution >= 4 is 55.3 Å². The highest BCUT2D eigenvalue weighted by Gasteiger charge is 2.26. The van der Waals surface area contributed by atoms with Gasteiger partial charge in [0.2, 0.25) is 20.9 Å². The van der Waals surface area contributed by atoms with Gasteiger partial charge in [0, 0.05) is 5.69 Å². The molecule has 1 aromatic heterocycles. The largest absolute Gasteiger partial charge is 0.341 e. The first-order chi connectivity index (χ1) is 14.3. The predicted molar refractivity (Wildman–Crippen MR) is 109 cm³/mol. The number of alkyl halides is 2. The number of carbonyl (C=O) groups excluding carboxylic acids is 1. The molecule has 0 fully saturated rings. The Morgan fingerprint density at radius 2 is 1.80 bits per heavy atom. The SMILES string of the molecule is O=C(CSc1nnc(Nc2ccccc2F)s1)Nc1ccc(S(=O)(=O)C(F)F)cc1. The van der Waals surface area contributed by atoms with Crippen LogP contribution in [0.4, 0.5) is 29.7 Å². The van der Waals surface area contributed by atoms with Crippen molar-refractivity contribution in [2.45, 2.75) is 15.0 Å². The number of para-hydroxylation sites is 1. The molecule has 7 nitrogen and oxygen atoms in total. The van der Waals surface area contributed by atoms with Gasteiger partial charge < -0.3 is 10.6 Å². The van der Waals surface area contributed by atoms with Crippen LogP contribution >= 0.6 is 23.1 Å². The molecule has 3 aromatic rings. The molecule has 0 spiro atoms. The van der Waals surface area contributed by atoms with Gasteiger partial charge in [-0.2, -0.15) is 8.78 Å². The summed E-state index contributed by atoms with van der Waals surface area (Å²) in [5, 5.41) is 13.5. The van der Waals surface area contributed by atoms with Gasteiger partial charge in [0.25, 0.3) is 0 Å². The summed E-state index contributed by atoms with van der Waals surface area (Å²) in [5.74, 6) is -4.39. The van der Waals surface area contributed by atoms with Crippen LogP contribution in [0.25, 0.3) is 0 Å². The lowest BCUT2D eigenvalue weighted by Gasteiger charge is -2.06. The van der Waals surface area contributed by atoms with Crippen molar-refractivity contribution in [2.75, 3.05) is 16.4 Å². The number of hydrogen-bond acceptors (Lipinski definition) is 8. The Hall–Kier alpha value is -2.64. The minimum Gasteiger partial charge on any atom is -0.328 e. The number of carbonyl (C=O) groups is 1. The molecule has 13 heteroatoms. The van der Waals surface area contributed by atoms with E-state index in [2.05, 4.69) is 20.8 Å². The van der Waals surface area contributed by atoms with Crippen molar-refractivity contribution in [1.29, 1.82) is 0 Å². The second-order valence-corrected chi connectivity index (χ2v) is 9.76. The van der Waals surface area contributed by atoms with Crippen LogP contribution in [-0.2, 0) is 14.6 Å². The molecule has 0 saturated carbocycles. The van der Waals surface area contributed by atoms with Gasteiger partial charge in [0.1, 0.15) is 5.82 Å². The predicted octanol–water partition coefficient (Wildman–Crippen LogP) is 4.15. The molecule has 2 aromatic carbocycles. The highest BCUT2D eigenvalue weighted by Crippen LogP contribution is 2.28. The summed E-state index contributed by atoms with van der Waals surface area (Å²) in [6.07, 6.45) is 0. The van der Waals surface area contributed by atoms with E-state index >= 15 is 0 Å². The Kier molecular flexibility index (Phi) is 6.95. The molecule has 0 aliphatic heterocycles. The standard InChI is InChI=1S/C17H13F3N4O3S3/c18-12-3-1-2-4-13(12)22-16-23-24-17(29-16)28-9-14(25)21-10-5-7-11(8-6-10)30(26,27)15(19)20/h1-8,15H,9H2,(H,21,25)(H,22,23). The second kappa shape index (κ2) is 9.45. The lowest BCUT2D eigenvalue weighted by molar-refractivity contribution is -0.113. The third kappa shape index (κ3) is 5.49. The van der Waals surface area contributed by atoms with Gasteiger partial charge in [0.15, 0.2) is 4.34 Å². The number of thioether (sulfide) groups is 1. The average Bonchev–Trinajstić information content (AvgIpc) is 3.16. The quantitative estimate of drug-likeness (QED) is 0.473. The van der Waals surface area contributed by atoms with E-state index in [0.717, 1.165) is 35.2 Å². The zero-order chi connectivity index (χ0) is 21.7. The van der Waals surface area contributed by atoms with E-state index in [4.69, 9.17) is 0 Å². The number of sulfone groups is 1. The number of benzene rings is 2. The molecule has 1 heterocycles. The smallest absolute Gasteiger partial charge is 0.328 e. The molecule has 3 rings (SSSR count). The molecular formula is C17H13F3N4O3S3. The van der Waals surface area contributed by atoms with Crippen LogP contribution in [0.1, 0.15) is 0 Å². The van der Waals surface area contributed by atoms with E-state index in [1.54, 1.807) is 18.2 Å². The molecule has 0 radical (unpaired) electrons. The Bertz CT molecular complexity index is 1140. The van der Waals surface area contributed by atoms with Gasteiger partial charge >= 0.3 is 5.76 Å². The van der Waals surface area contributed by atoms with E-state index in [1.807, 2.05) is 0 Å². The van der Waals surface area contributed by atoms with Gasteiger partial charge in [-0.05, 0) is 36.4 Å². The van der Waals surface area contributed by atoms with Crippen LogP contribution in [0.2, 0.25) is 0 Å². The number of hydrogen-bond donors (Lipinski definition) is 2. The Morgan fingerprint density at radius 1 is 1.10 bits per heavy atom. The van der Waals surface area contributed by atoms with Crippen LogP contribution in [-0.4, -0.2) is 36.0 Å². The summed E-state index contributed by atoms with van der Waals surface area (Å²) in [7, 11) is -4.68. The first-order valence-corrected chi connectivity index (χ1v) is 11.5. The molecule has 158 valence electrons. The molecule has 0 aliphatic rings. The summed E-state index contributed by atoms with van der Waals surface area (Å²) in [4.78, 5) is 11.5. The first-order valence-electron chi connectivity index (χ1n) is 8.15. The van der Waals surface area contributed by atoms with Crippen LogP contribution in [0.5, 0.6) is 0 Å². The van der Waals surface area contributed by atoms with Gasteiger partial charge in [-0.15, -0.1) is 10.2 Å². The maximum atomic E-state index is 13.6. The van der Waals surface area contributed by atoms with E-state index in [-0.39, 0.29) is 17.1 Å². The fourth-order valence-corrected chi connectivity index (χ4v) is 4.44. The maximum absolute atomic E-state index is 13.6. The fourth-order valence-electron chi connectivity index (χ4n) is 2.15. The molecular weight excluding hydrogens is 461 g/mol. The summed E-state index contributed by atoms with van der Waals surface area (Å²) < 4.78 is 61.9. The first kappa shape index (κ1) is 22.1. The van der Waals surface area contributed by atoms with Crippen LogP contribution in [0.3, 0.4) is 0 Å². The van der Waals surface area contributed by atoms with Crippen LogP contribution in [0, 0.1) is 5.82 Å². The molecule has 0 saturated heterocycles. The molecule has 0 bridgehead atoms. The molecule has 2 N–H and O–H groups in total. The topological polar surface area (TPSA) is 101 Å². The minimum atomic E-state index is -4.68. The summed E-state index contributed by atoms with van der Waals surface area (Å²) >= 11 is 2.24. The van der Waals surface area contributed by atoms with Gasteiger partial charge in [-0.3, -0.25) is 4.79 Å². The Morgan fingerprint density at radius 3 is 2.47 bits per heavy atom. The molecule has 30 heavy (non-hydrogen) atoms. The van der Waals surface area contributed by atoms with Crippen molar-refractivity contribution < 1.29 is 26.4 Å². The van der Waals surface area contributed by atoms with Crippen LogP contribution < -0.4 is 10.6 Å². The van der Waals surface area contributed by atoms with Crippen molar-refractivity contribution in [2.24, 2.45) is 0 Å². The third-order valence-electron chi connectivity index (χ3n) is 3.55.